The van der Waals surface area contributed by atoms with Gasteiger partial charge in [-0.25, -0.2) is 13.6 Å². The van der Waals surface area contributed by atoms with Crippen LogP contribution in [0, 0.1) is 6.92 Å². The molecule has 0 unspecified atom stereocenters. The molecule has 4 nitrogen and oxygen atoms in total. The molecule has 1 aromatic rings. The van der Waals surface area contributed by atoms with E-state index < -0.39 is 10.0 Å². The fraction of sp³-hybridized carbons (Fsp3) is 0.625. The fourth-order valence-corrected chi connectivity index (χ4v) is 2.68. The van der Waals surface area contributed by atoms with Crippen molar-refractivity contribution in [3.63, 3.8) is 0 Å². The smallest absolute Gasteiger partial charge is 0.209 e. The van der Waals surface area contributed by atoms with Gasteiger partial charge in [0.05, 0.1) is 12.4 Å². The second-order valence-corrected chi connectivity index (χ2v) is 7.54. The van der Waals surface area contributed by atoms with Gasteiger partial charge in [0.1, 0.15) is 5.75 Å². The van der Waals surface area contributed by atoms with Gasteiger partial charge in [0.2, 0.25) is 10.0 Å². The summed E-state index contributed by atoms with van der Waals surface area (Å²) in [6.07, 6.45) is 3.37. The zero-order valence-corrected chi connectivity index (χ0v) is 14.1. The van der Waals surface area contributed by atoms with Crippen molar-refractivity contribution in [3.05, 3.63) is 29.3 Å². The molecule has 120 valence electrons. The van der Waals surface area contributed by atoms with Gasteiger partial charge in [0.15, 0.2) is 0 Å². The number of sulfonamides is 1. The summed E-state index contributed by atoms with van der Waals surface area (Å²) in [6, 6.07) is 6.35. The van der Waals surface area contributed by atoms with E-state index in [2.05, 4.69) is 32.0 Å². The maximum atomic E-state index is 10.8. The quantitative estimate of drug-likeness (QED) is 0.711. The molecule has 0 amide bonds. The van der Waals surface area contributed by atoms with E-state index in [0.29, 0.717) is 18.9 Å². The van der Waals surface area contributed by atoms with Crippen LogP contribution in [0.3, 0.4) is 0 Å². The summed E-state index contributed by atoms with van der Waals surface area (Å²) in [5, 5.41) is 4.96. The van der Waals surface area contributed by atoms with Crippen molar-refractivity contribution in [2.75, 3.05) is 12.4 Å². The van der Waals surface area contributed by atoms with Crippen molar-refractivity contribution in [1.29, 1.82) is 0 Å². The summed E-state index contributed by atoms with van der Waals surface area (Å²) < 4.78 is 27.4. The summed E-state index contributed by atoms with van der Waals surface area (Å²) in [4.78, 5) is 0. The zero-order chi connectivity index (χ0) is 15.9. The van der Waals surface area contributed by atoms with Gasteiger partial charge in [0.25, 0.3) is 0 Å². The first-order chi connectivity index (χ1) is 9.79. The molecule has 1 rings (SSSR count). The molecule has 0 fully saturated rings. The van der Waals surface area contributed by atoms with Gasteiger partial charge in [-0.2, -0.15) is 0 Å². The van der Waals surface area contributed by atoms with Crippen LogP contribution in [0.15, 0.2) is 18.2 Å². The van der Waals surface area contributed by atoms with Crippen LogP contribution in [-0.2, 0) is 10.0 Å². The lowest BCUT2D eigenvalue weighted by atomic mass is 10.0. The number of aryl methyl sites for hydroxylation is 1. The molecule has 0 saturated heterocycles. The number of hydrogen-bond acceptors (Lipinski definition) is 3. The van der Waals surface area contributed by atoms with Crippen LogP contribution >= 0.6 is 0 Å². The number of rotatable bonds is 9. The van der Waals surface area contributed by atoms with Crippen LogP contribution < -0.4 is 9.88 Å². The molecule has 0 bridgehead atoms. The van der Waals surface area contributed by atoms with Gasteiger partial charge in [-0.3, -0.25) is 0 Å². The molecule has 0 heterocycles. The monoisotopic (exact) mass is 313 g/mol. The maximum Gasteiger partial charge on any atom is 0.209 e. The molecule has 2 N–H and O–H groups in total. The van der Waals surface area contributed by atoms with Crippen LogP contribution in [-0.4, -0.2) is 20.8 Å². The Morgan fingerprint density at radius 3 is 2.43 bits per heavy atom. The lowest BCUT2D eigenvalue weighted by molar-refractivity contribution is 0.303. The molecule has 21 heavy (non-hydrogen) atoms. The third kappa shape index (κ3) is 7.48. The van der Waals surface area contributed by atoms with Crippen LogP contribution in [0.1, 0.15) is 56.6 Å². The summed E-state index contributed by atoms with van der Waals surface area (Å²) >= 11 is 0. The molecule has 1 aromatic carbocycles. The largest absolute Gasteiger partial charge is 0.493 e. The SMILES string of the molecule is Cc1ccc(C(C)C)cc1OCCCCCCS(N)(=O)=O. The van der Waals surface area contributed by atoms with Crippen molar-refractivity contribution in [3.8, 4) is 5.75 Å². The molecule has 0 aliphatic rings. The van der Waals surface area contributed by atoms with Crippen molar-refractivity contribution >= 4 is 10.0 Å². The predicted octanol–water partition coefficient (Wildman–Crippen LogP) is 3.35. The molecule has 0 atom stereocenters. The van der Waals surface area contributed by atoms with Gasteiger partial charge in [-0.05, 0) is 42.9 Å². The van der Waals surface area contributed by atoms with Gasteiger partial charge >= 0.3 is 0 Å². The molecule has 0 aliphatic carbocycles. The van der Waals surface area contributed by atoms with Crippen molar-refractivity contribution in [1.82, 2.24) is 0 Å². The lowest BCUT2D eigenvalue weighted by Gasteiger charge is -2.12. The topological polar surface area (TPSA) is 69.4 Å². The number of benzene rings is 1. The van der Waals surface area contributed by atoms with E-state index in [0.717, 1.165) is 30.6 Å². The number of hydrogen-bond donors (Lipinski definition) is 1. The average molecular weight is 313 g/mol. The van der Waals surface area contributed by atoms with Crippen LogP contribution in [0.5, 0.6) is 5.75 Å². The minimum absolute atomic E-state index is 0.0728. The van der Waals surface area contributed by atoms with Gasteiger partial charge in [-0.1, -0.05) is 38.8 Å². The summed E-state index contributed by atoms with van der Waals surface area (Å²) in [7, 11) is -3.31. The van der Waals surface area contributed by atoms with Crippen LogP contribution in [0.2, 0.25) is 0 Å². The second-order valence-electron chi connectivity index (χ2n) is 5.81. The Bertz CT molecular complexity index is 538. The van der Waals surface area contributed by atoms with Crippen LogP contribution in [0.4, 0.5) is 0 Å². The Morgan fingerprint density at radius 2 is 1.81 bits per heavy atom. The zero-order valence-electron chi connectivity index (χ0n) is 13.3. The van der Waals surface area contributed by atoms with E-state index in [-0.39, 0.29) is 5.75 Å². The first kappa shape index (κ1) is 18.0. The van der Waals surface area contributed by atoms with E-state index in [9.17, 15) is 8.42 Å². The van der Waals surface area contributed by atoms with E-state index in [1.807, 2.05) is 6.92 Å². The molecule has 0 saturated carbocycles. The number of nitrogens with two attached hydrogens (primary N) is 1. The lowest BCUT2D eigenvalue weighted by Crippen LogP contribution is -2.16. The number of primary sulfonamides is 1. The van der Waals surface area contributed by atoms with Crippen molar-refractivity contribution in [2.45, 2.75) is 52.4 Å². The maximum absolute atomic E-state index is 10.8. The molecular weight excluding hydrogens is 286 g/mol. The molecule has 5 heteroatoms. The number of unbranched alkanes of at least 4 members (excludes halogenated alkanes) is 3. The fourth-order valence-electron chi connectivity index (χ4n) is 2.07. The highest BCUT2D eigenvalue weighted by molar-refractivity contribution is 7.89. The van der Waals surface area contributed by atoms with E-state index >= 15 is 0 Å². The minimum atomic E-state index is -3.31. The van der Waals surface area contributed by atoms with Crippen LogP contribution in [0.25, 0.3) is 0 Å². The third-order valence-corrected chi connectivity index (χ3v) is 4.32. The highest BCUT2D eigenvalue weighted by atomic mass is 32.2. The highest BCUT2D eigenvalue weighted by Gasteiger charge is 2.05. The molecule has 0 aliphatic heterocycles. The molecular formula is C16H27NO3S. The Labute approximate surface area is 128 Å². The van der Waals surface area contributed by atoms with E-state index in [4.69, 9.17) is 9.88 Å². The third-order valence-electron chi connectivity index (χ3n) is 3.46. The first-order valence-electron chi connectivity index (χ1n) is 7.53. The Morgan fingerprint density at radius 1 is 1.14 bits per heavy atom. The van der Waals surface area contributed by atoms with E-state index in [1.165, 1.54) is 5.56 Å². The van der Waals surface area contributed by atoms with Crippen molar-refractivity contribution in [2.24, 2.45) is 5.14 Å². The van der Waals surface area contributed by atoms with Crippen molar-refractivity contribution < 1.29 is 13.2 Å². The van der Waals surface area contributed by atoms with Gasteiger partial charge < -0.3 is 4.74 Å². The highest BCUT2D eigenvalue weighted by Crippen LogP contribution is 2.24. The number of ether oxygens (including phenoxy) is 1. The second kappa shape index (κ2) is 8.39. The van der Waals surface area contributed by atoms with Gasteiger partial charge in [0, 0.05) is 0 Å². The average Bonchev–Trinajstić information content (AvgIpc) is 2.38. The van der Waals surface area contributed by atoms with Gasteiger partial charge in [-0.15, -0.1) is 0 Å². The minimum Gasteiger partial charge on any atom is -0.493 e. The summed E-state index contributed by atoms with van der Waals surface area (Å²) in [5.74, 6) is 1.51. The molecule has 0 aromatic heterocycles. The Balaban J connectivity index is 2.28. The summed E-state index contributed by atoms with van der Waals surface area (Å²) in [6.45, 7) is 7.04. The first-order valence-corrected chi connectivity index (χ1v) is 9.25. The Hall–Kier alpha value is -1.07. The molecule has 0 spiro atoms. The molecule has 0 radical (unpaired) electrons. The standard InChI is InChI=1S/C16H27NO3S/c1-13(2)15-9-8-14(3)16(12-15)20-10-6-4-5-7-11-21(17,18)19/h8-9,12-13H,4-7,10-11H2,1-3H3,(H2,17,18,19). The Kier molecular flexibility index (Phi) is 7.18. The summed E-state index contributed by atoms with van der Waals surface area (Å²) in [5.41, 5.74) is 2.43. The predicted molar refractivity (Wildman–Crippen MR) is 87.2 cm³/mol. The van der Waals surface area contributed by atoms with E-state index in [1.54, 1.807) is 0 Å². The normalized spacial score (nSPS) is 11.9.